The van der Waals surface area contributed by atoms with Crippen LogP contribution in [-0.4, -0.2) is 44.5 Å². The van der Waals surface area contributed by atoms with Crippen molar-refractivity contribution in [1.82, 2.24) is 10.2 Å². The molecule has 0 aliphatic rings. The monoisotopic (exact) mass is 376 g/mol. The van der Waals surface area contributed by atoms with E-state index in [4.69, 9.17) is 9.15 Å². The maximum Gasteiger partial charge on any atom is 0.287 e. The summed E-state index contributed by atoms with van der Waals surface area (Å²) >= 11 is 0. The van der Waals surface area contributed by atoms with Gasteiger partial charge in [0.15, 0.2) is 17.1 Å². The molecular weight excluding hydrogens is 356 g/mol. The molecular formula is C22H20N2O4. The van der Waals surface area contributed by atoms with E-state index in [9.17, 15) is 9.59 Å². The zero-order chi connectivity index (χ0) is 20.1. The number of benzene rings is 2. The molecule has 0 spiro atoms. The van der Waals surface area contributed by atoms with Crippen LogP contribution in [0.2, 0.25) is 0 Å². The quantitative estimate of drug-likeness (QED) is 0.711. The highest BCUT2D eigenvalue weighted by Crippen LogP contribution is 2.28. The van der Waals surface area contributed by atoms with Gasteiger partial charge in [-0.15, -0.1) is 0 Å². The molecule has 0 unspecified atom stereocenters. The second kappa shape index (κ2) is 8.31. The standard InChI is InChI=1S/C22H20N2O4/c1-24(2)22(26)16-11-9-15(10-12-16)6-5-13-23-21(25)19-14-17-7-4-8-18(27-3)20(17)28-19/h4,7-12,14H,13H2,1-3H3,(H,23,25). The first kappa shape index (κ1) is 19.1. The van der Waals surface area contributed by atoms with Crippen molar-refractivity contribution in [3.05, 3.63) is 65.4 Å². The Bertz CT molecular complexity index is 1070. The molecule has 0 fully saturated rings. The normalized spacial score (nSPS) is 10.1. The number of carbonyl (C=O) groups is 2. The highest BCUT2D eigenvalue weighted by Gasteiger charge is 2.14. The van der Waals surface area contributed by atoms with Gasteiger partial charge in [-0.05, 0) is 36.4 Å². The molecule has 0 aliphatic heterocycles. The average Bonchev–Trinajstić information content (AvgIpc) is 3.15. The highest BCUT2D eigenvalue weighted by atomic mass is 16.5. The zero-order valence-corrected chi connectivity index (χ0v) is 15.9. The maximum absolute atomic E-state index is 12.3. The van der Waals surface area contributed by atoms with E-state index in [0.717, 1.165) is 10.9 Å². The summed E-state index contributed by atoms with van der Waals surface area (Å²) in [6.07, 6.45) is 0. The van der Waals surface area contributed by atoms with Gasteiger partial charge in [-0.3, -0.25) is 9.59 Å². The van der Waals surface area contributed by atoms with Crippen molar-refractivity contribution in [2.24, 2.45) is 0 Å². The Morgan fingerprint density at radius 1 is 1.14 bits per heavy atom. The van der Waals surface area contributed by atoms with Crippen molar-refractivity contribution < 1.29 is 18.7 Å². The second-order valence-electron chi connectivity index (χ2n) is 6.25. The highest BCUT2D eigenvalue weighted by molar-refractivity contribution is 5.97. The Morgan fingerprint density at radius 2 is 1.89 bits per heavy atom. The minimum absolute atomic E-state index is 0.0609. The number of methoxy groups -OCH3 is 1. The Kier molecular flexibility index (Phi) is 5.66. The van der Waals surface area contributed by atoms with Crippen LogP contribution in [-0.2, 0) is 0 Å². The van der Waals surface area contributed by atoms with Crippen molar-refractivity contribution in [3.8, 4) is 17.6 Å². The lowest BCUT2D eigenvalue weighted by atomic mass is 10.1. The first-order valence-electron chi connectivity index (χ1n) is 8.65. The van der Waals surface area contributed by atoms with Gasteiger partial charge in [0, 0.05) is 30.6 Å². The summed E-state index contributed by atoms with van der Waals surface area (Å²) in [5.74, 6) is 6.21. The van der Waals surface area contributed by atoms with Crippen LogP contribution >= 0.6 is 0 Å². The third kappa shape index (κ3) is 4.15. The molecule has 0 bridgehead atoms. The summed E-state index contributed by atoms with van der Waals surface area (Å²) in [6.45, 7) is 0.172. The van der Waals surface area contributed by atoms with Gasteiger partial charge in [0.1, 0.15) is 0 Å². The Morgan fingerprint density at radius 3 is 2.57 bits per heavy atom. The molecule has 1 N–H and O–H groups in total. The molecule has 28 heavy (non-hydrogen) atoms. The summed E-state index contributed by atoms with van der Waals surface area (Å²) < 4.78 is 10.8. The van der Waals surface area contributed by atoms with Crippen molar-refractivity contribution >= 4 is 22.8 Å². The van der Waals surface area contributed by atoms with E-state index >= 15 is 0 Å². The molecule has 1 heterocycles. The number of carbonyl (C=O) groups excluding carboxylic acids is 2. The molecule has 2 amide bonds. The predicted octanol–water partition coefficient (Wildman–Crippen LogP) is 2.92. The van der Waals surface area contributed by atoms with E-state index in [1.165, 1.54) is 4.90 Å². The molecule has 3 rings (SSSR count). The molecule has 3 aromatic rings. The lowest BCUT2D eigenvalue weighted by molar-refractivity contribution is 0.0827. The van der Waals surface area contributed by atoms with E-state index in [1.807, 2.05) is 12.1 Å². The van der Waals surface area contributed by atoms with Gasteiger partial charge in [-0.2, -0.15) is 0 Å². The fourth-order valence-corrected chi connectivity index (χ4v) is 2.62. The zero-order valence-electron chi connectivity index (χ0n) is 15.9. The van der Waals surface area contributed by atoms with Crippen molar-refractivity contribution in [1.29, 1.82) is 0 Å². The Hall–Kier alpha value is -3.72. The molecule has 6 nitrogen and oxygen atoms in total. The Labute approximate surface area is 163 Å². The predicted molar refractivity (Wildman–Crippen MR) is 106 cm³/mol. The van der Waals surface area contributed by atoms with Crippen molar-refractivity contribution in [2.45, 2.75) is 0 Å². The average molecular weight is 376 g/mol. The lowest BCUT2D eigenvalue weighted by Gasteiger charge is -2.09. The molecule has 0 atom stereocenters. The molecule has 0 radical (unpaired) electrons. The van der Waals surface area contributed by atoms with Crippen molar-refractivity contribution in [3.63, 3.8) is 0 Å². The van der Waals surface area contributed by atoms with Crippen LogP contribution in [0.1, 0.15) is 26.5 Å². The first-order chi connectivity index (χ1) is 13.5. The fraction of sp³-hybridized carbons (Fsp3) is 0.182. The van der Waals surface area contributed by atoms with Crippen LogP contribution in [0.5, 0.6) is 5.75 Å². The first-order valence-corrected chi connectivity index (χ1v) is 8.65. The number of fused-ring (bicyclic) bond motifs is 1. The summed E-state index contributed by atoms with van der Waals surface area (Å²) in [4.78, 5) is 25.6. The number of para-hydroxylation sites is 1. The number of furan rings is 1. The lowest BCUT2D eigenvalue weighted by Crippen LogP contribution is -2.23. The molecule has 2 aromatic carbocycles. The molecule has 0 aliphatic carbocycles. The largest absolute Gasteiger partial charge is 0.493 e. The molecule has 0 saturated carbocycles. The van der Waals surface area contributed by atoms with Gasteiger partial charge in [-0.1, -0.05) is 24.0 Å². The van der Waals surface area contributed by atoms with Gasteiger partial charge >= 0.3 is 0 Å². The van der Waals surface area contributed by atoms with Gasteiger partial charge < -0.3 is 19.4 Å². The smallest absolute Gasteiger partial charge is 0.287 e. The number of amides is 2. The van der Waals surface area contributed by atoms with Crippen LogP contribution in [0.15, 0.2) is 52.9 Å². The van der Waals surface area contributed by atoms with Crippen LogP contribution in [0.25, 0.3) is 11.0 Å². The van der Waals surface area contributed by atoms with E-state index in [1.54, 1.807) is 57.6 Å². The third-order valence-corrected chi connectivity index (χ3v) is 4.06. The fourth-order valence-electron chi connectivity index (χ4n) is 2.62. The van der Waals surface area contributed by atoms with E-state index in [0.29, 0.717) is 16.9 Å². The molecule has 6 heteroatoms. The van der Waals surface area contributed by atoms with E-state index < -0.39 is 0 Å². The minimum atomic E-state index is -0.348. The summed E-state index contributed by atoms with van der Waals surface area (Å²) in [6, 6.07) is 14.1. The van der Waals surface area contributed by atoms with Gasteiger partial charge in [-0.25, -0.2) is 0 Å². The number of nitrogens with zero attached hydrogens (tertiary/aromatic N) is 1. The Balaban J connectivity index is 1.61. The molecule has 0 saturated heterocycles. The van der Waals surface area contributed by atoms with Crippen molar-refractivity contribution in [2.75, 3.05) is 27.7 Å². The summed E-state index contributed by atoms with van der Waals surface area (Å²) in [5.41, 5.74) is 1.90. The SMILES string of the molecule is COc1cccc2cc(C(=O)NCC#Cc3ccc(C(=O)N(C)C)cc3)oc12. The van der Waals surface area contributed by atoms with Crippen LogP contribution < -0.4 is 10.1 Å². The summed E-state index contributed by atoms with van der Waals surface area (Å²) in [5, 5.41) is 3.50. The molecule has 1 aromatic heterocycles. The van der Waals surface area contributed by atoms with Crippen LogP contribution in [0, 0.1) is 11.8 Å². The topological polar surface area (TPSA) is 71.8 Å². The van der Waals surface area contributed by atoms with Crippen LogP contribution in [0.3, 0.4) is 0 Å². The number of hydrogen-bond acceptors (Lipinski definition) is 4. The third-order valence-electron chi connectivity index (χ3n) is 4.06. The second-order valence-corrected chi connectivity index (χ2v) is 6.25. The molecule has 142 valence electrons. The summed E-state index contributed by atoms with van der Waals surface area (Å²) in [7, 11) is 4.96. The number of nitrogens with one attached hydrogen (secondary N) is 1. The number of rotatable bonds is 4. The van der Waals surface area contributed by atoms with Crippen LogP contribution in [0.4, 0.5) is 0 Å². The number of ether oxygens (including phenoxy) is 1. The van der Waals surface area contributed by atoms with Gasteiger partial charge in [0.05, 0.1) is 13.7 Å². The van der Waals surface area contributed by atoms with Gasteiger partial charge in [0.25, 0.3) is 11.8 Å². The maximum atomic E-state index is 12.3. The van der Waals surface area contributed by atoms with E-state index in [2.05, 4.69) is 17.2 Å². The van der Waals surface area contributed by atoms with E-state index in [-0.39, 0.29) is 24.1 Å². The van der Waals surface area contributed by atoms with Gasteiger partial charge in [0.2, 0.25) is 0 Å². The number of hydrogen-bond donors (Lipinski definition) is 1. The minimum Gasteiger partial charge on any atom is -0.493 e.